The SMILES string of the molecule is CN1C=C[NH+](C)C1[C-](O)O. The largest absolute Gasteiger partial charge is 0.528 e. The van der Waals surface area contributed by atoms with Crippen molar-refractivity contribution in [3.05, 3.63) is 18.7 Å². The molecule has 0 saturated carbocycles. The first-order valence-electron chi connectivity index (χ1n) is 3.11. The van der Waals surface area contributed by atoms with Crippen molar-refractivity contribution in [3.8, 4) is 0 Å². The van der Waals surface area contributed by atoms with Gasteiger partial charge in [-0.1, -0.05) is 0 Å². The summed E-state index contributed by atoms with van der Waals surface area (Å²) in [5, 5.41) is 17.5. The average molecular weight is 144 g/mol. The van der Waals surface area contributed by atoms with Crippen molar-refractivity contribution in [3.63, 3.8) is 0 Å². The topological polar surface area (TPSA) is 48.1 Å². The maximum Gasteiger partial charge on any atom is 0.110 e. The van der Waals surface area contributed by atoms with E-state index in [4.69, 9.17) is 10.2 Å². The van der Waals surface area contributed by atoms with Gasteiger partial charge in [-0.05, 0) is 6.29 Å². The summed E-state index contributed by atoms with van der Waals surface area (Å²) in [5.74, 6) is 0. The number of aliphatic hydroxyl groups excluding tert-OH is 1. The summed E-state index contributed by atoms with van der Waals surface area (Å²) in [7, 11) is 3.65. The van der Waals surface area contributed by atoms with Gasteiger partial charge in [-0.25, -0.2) is 0 Å². The predicted molar refractivity (Wildman–Crippen MR) is 34.7 cm³/mol. The third-order valence-electron chi connectivity index (χ3n) is 1.66. The Morgan fingerprint density at radius 3 is 2.40 bits per heavy atom. The van der Waals surface area contributed by atoms with Crippen LogP contribution in [0, 0.1) is 6.29 Å². The van der Waals surface area contributed by atoms with E-state index in [-0.39, 0.29) is 6.17 Å². The highest BCUT2D eigenvalue weighted by Crippen LogP contribution is 2.02. The van der Waals surface area contributed by atoms with Gasteiger partial charge in [-0.3, -0.25) is 0 Å². The Morgan fingerprint density at radius 1 is 1.60 bits per heavy atom. The molecule has 1 aliphatic rings. The van der Waals surface area contributed by atoms with Crippen LogP contribution in [0.3, 0.4) is 0 Å². The summed E-state index contributed by atoms with van der Waals surface area (Å²) in [5.41, 5.74) is 0. The molecule has 0 bridgehead atoms. The van der Waals surface area contributed by atoms with Gasteiger partial charge in [0.2, 0.25) is 0 Å². The van der Waals surface area contributed by atoms with E-state index in [1.165, 1.54) is 0 Å². The first-order valence-corrected chi connectivity index (χ1v) is 3.11. The summed E-state index contributed by atoms with van der Waals surface area (Å²) in [6.07, 6.45) is 2.80. The summed E-state index contributed by atoms with van der Waals surface area (Å²) in [6, 6.07) is 0. The fourth-order valence-electron chi connectivity index (χ4n) is 1.12. The van der Waals surface area contributed by atoms with Crippen LogP contribution in [0.4, 0.5) is 0 Å². The lowest BCUT2D eigenvalue weighted by Gasteiger charge is -2.33. The van der Waals surface area contributed by atoms with Crippen molar-refractivity contribution >= 4 is 0 Å². The van der Waals surface area contributed by atoms with E-state index in [1.54, 1.807) is 11.9 Å². The second kappa shape index (κ2) is 2.57. The van der Waals surface area contributed by atoms with Crippen molar-refractivity contribution < 1.29 is 15.1 Å². The quantitative estimate of drug-likeness (QED) is 0.392. The lowest BCUT2D eigenvalue weighted by Crippen LogP contribution is -3.09. The minimum atomic E-state index is -0.537. The fourth-order valence-corrected chi connectivity index (χ4v) is 1.12. The van der Waals surface area contributed by atoms with Crippen LogP contribution in [0.1, 0.15) is 0 Å². The van der Waals surface area contributed by atoms with Crippen molar-refractivity contribution in [2.24, 2.45) is 0 Å². The molecule has 4 nitrogen and oxygen atoms in total. The Kier molecular flexibility index (Phi) is 1.94. The van der Waals surface area contributed by atoms with Crippen LogP contribution in [-0.4, -0.2) is 35.4 Å². The van der Waals surface area contributed by atoms with Crippen molar-refractivity contribution in [2.75, 3.05) is 14.1 Å². The van der Waals surface area contributed by atoms with E-state index in [1.807, 2.05) is 19.4 Å². The third kappa shape index (κ3) is 1.13. The van der Waals surface area contributed by atoms with Crippen molar-refractivity contribution in [1.29, 1.82) is 0 Å². The van der Waals surface area contributed by atoms with Crippen LogP contribution >= 0.6 is 0 Å². The van der Waals surface area contributed by atoms with Crippen LogP contribution in [0.2, 0.25) is 0 Å². The maximum atomic E-state index is 8.76. The fraction of sp³-hybridized carbons (Fsp3) is 0.500. The van der Waals surface area contributed by atoms with Crippen LogP contribution in [0.5, 0.6) is 0 Å². The Morgan fingerprint density at radius 2 is 2.20 bits per heavy atom. The number of likely N-dealkylation sites (N-methyl/N-ethyl adjacent to an activating group) is 2. The molecular weight excluding hydrogens is 132 g/mol. The minimum Gasteiger partial charge on any atom is -0.528 e. The van der Waals surface area contributed by atoms with Gasteiger partial charge in [0, 0.05) is 7.05 Å². The van der Waals surface area contributed by atoms with E-state index < -0.39 is 6.29 Å². The molecule has 1 aliphatic heterocycles. The molecule has 58 valence electrons. The monoisotopic (exact) mass is 144 g/mol. The van der Waals surface area contributed by atoms with E-state index >= 15 is 0 Å². The van der Waals surface area contributed by atoms with Crippen molar-refractivity contribution in [2.45, 2.75) is 6.17 Å². The zero-order valence-electron chi connectivity index (χ0n) is 6.07. The second-order valence-corrected chi connectivity index (χ2v) is 2.49. The first-order chi connectivity index (χ1) is 4.63. The molecule has 10 heavy (non-hydrogen) atoms. The van der Waals surface area contributed by atoms with Gasteiger partial charge in [0.15, 0.2) is 0 Å². The molecule has 0 amide bonds. The summed E-state index contributed by atoms with van der Waals surface area (Å²) in [4.78, 5) is 2.69. The highest BCUT2D eigenvalue weighted by Gasteiger charge is 2.22. The Balaban J connectivity index is 2.60. The van der Waals surface area contributed by atoms with Crippen molar-refractivity contribution in [1.82, 2.24) is 4.90 Å². The molecule has 3 N–H and O–H groups in total. The molecule has 0 aromatic carbocycles. The molecule has 0 aromatic rings. The average Bonchev–Trinajstić information content (AvgIpc) is 2.11. The predicted octanol–water partition coefficient (Wildman–Crippen LogP) is -1.52. The molecule has 2 unspecified atom stereocenters. The zero-order chi connectivity index (χ0) is 7.72. The Hall–Kier alpha value is -0.580. The third-order valence-corrected chi connectivity index (χ3v) is 1.66. The number of hydrogen-bond acceptors (Lipinski definition) is 3. The summed E-state index contributed by atoms with van der Waals surface area (Å²) >= 11 is 0. The number of rotatable bonds is 1. The molecule has 0 fully saturated rings. The first kappa shape index (κ1) is 7.53. The molecule has 0 aromatic heterocycles. The number of nitrogens with zero attached hydrogens (tertiary/aromatic N) is 1. The van der Waals surface area contributed by atoms with E-state index in [2.05, 4.69) is 0 Å². The van der Waals surface area contributed by atoms with Crippen LogP contribution < -0.4 is 4.90 Å². The molecule has 0 radical (unpaired) electrons. The standard InChI is InChI=1S/C6H11N2O2/c1-7-3-4-8(2)5(7)6(9)10/h3-5,9-10H,1-2H3/q-1/p+1. The number of quaternary nitrogens is 1. The lowest BCUT2D eigenvalue weighted by atomic mass is 10.4. The highest BCUT2D eigenvalue weighted by molar-refractivity contribution is 4.86. The van der Waals surface area contributed by atoms with Crippen LogP contribution in [0.25, 0.3) is 0 Å². The van der Waals surface area contributed by atoms with Crippen LogP contribution in [-0.2, 0) is 0 Å². The number of hydrogen-bond donors (Lipinski definition) is 3. The molecule has 1 heterocycles. The summed E-state index contributed by atoms with van der Waals surface area (Å²) in [6.45, 7) is 0. The van der Waals surface area contributed by atoms with E-state index in [0.717, 1.165) is 4.90 Å². The number of nitrogens with one attached hydrogen (secondary N) is 1. The van der Waals surface area contributed by atoms with E-state index in [9.17, 15) is 0 Å². The van der Waals surface area contributed by atoms with Gasteiger partial charge < -0.3 is 20.0 Å². The van der Waals surface area contributed by atoms with Crippen LogP contribution in [0.15, 0.2) is 12.4 Å². The molecule has 0 saturated heterocycles. The minimum absolute atomic E-state index is 0.333. The summed E-state index contributed by atoms with van der Waals surface area (Å²) < 4.78 is 0. The molecule has 0 spiro atoms. The van der Waals surface area contributed by atoms with Gasteiger partial charge >= 0.3 is 0 Å². The molecule has 2 atom stereocenters. The maximum absolute atomic E-state index is 8.76. The highest BCUT2D eigenvalue weighted by atomic mass is 16.5. The Labute approximate surface area is 60.0 Å². The number of aliphatic hydroxyl groups is 2. The van der Waals surface area contributed by atoms with E-state index in [0.29, 0.717) is 0 Å². The van der Waals surface area contributed by atoms with Gasteiger partial charge in [-0.2, -0.15) is 0 Å². The normalized spacial score (nSPS) is 32.3. The van der Waals surface area contributed by atoms with Gasteiger partial charge in [0.25, 0.3) is 0 Å². The van der Waals surface area contributed by atoms with Gasteiger partial charge in [-0.15, -0.1) is 0 Å². The van der Waals surface area contributed by atoms with Gasteiger partial charge in [0.05, 0.1) is 19.4 Å². The molecule has 4 heteroatoms. The Bertz CT molecular complexity index is 135. The van der Waals surface area contributed by atoms with Gasteiger partial charge in [0.1, 0.15) is 6.20 Å². The zero-order valence-corrected chi connectivity index (χ0v) is 6.07. The molecule has 1 rings (SSSR count). The lowest BCUT2D eigenvalue weighted by molar-refractivity contribution is -0.858. The smallest absolute Gasteiger partial charge is 0.110 e. The molecule has 0 aliphatic carbocycles. The second-order valence-electron chi connectivity index (χ2n) is 2.49. The molecular formula is C6H12N2O2.